The molecule has 98 valence electrons. The van der Waals surface area contributed by atoms with Crippen LogP contribution in [-0.4, -0.2) is 11.5 Å². The molecule has 0 aliphatic carbocycles. The van der Waals surface area contributed by atoms with Gasteiger partial charge in [0.2, 0.25) is 0 Å². The second-order valence-electron chi connectivity index (χ2n) is 4.51. The highest BCUT2D eigenvalue weighted by molar-refractivity contribution is 6.31. The fourth-order valence-electron chi connectivity index (χ4n) is 2.19. The van der Waals surface area contributed by atoms with E-state index in [0.29, 0.717) is 0 Å². The highest BCUT2D eigenvalue weighted by atomic mass is 35.5. The second kappa shape index (κ2) is 5.51. The third kappa shape index (κ3) is 2.83. The van der Waals surface area contributed by atoms with Crippen LogP contribution in [0.4, 0.5) is 0 Å². The Balaban J connectivity index is 1.59. The van der Waals surface area contributed by atoms with Crippen LogP contribution in [0.25, 0.3) is 10.9 Å². The van der Waals surface area contributed by atoms with Crippen molar-refractivity contribution in [2.24, 2.45) is 0 Å². The second-order valence-corrected chi connectivity index (χ2v) is 4.95. The molecule has 0 saturated carbocycles. The van der Waals surface area contributed by atoms with Crippen molar-refractivity contribution in [3.05, 3.63) is 59.1 Å². The molecule has 0 fully saturated rings. The first kappa shape index (κ1) is 12.3. The Bertz CT molecular complexity index is 658. The molecule has 19 heavy (non-hydrogen) atoms. The van der Waals surface area contributed by atoms with E-state index < -0.39 is 0 Å². The number of nitrogens with one attached hydrogen (secondary N) is 2. The lowest BCUT2D eigenvalue weighted by Crippen LogP contribution is -2.16. The van der Waals surface area contributed by atoms with E-state index in [-0.39, 0.29) is 0 Å². The van der Waals surface area contributed by atoms with Crippen molar-refractivity contribution in [3.8, 4) is 0 Å². The monoisotopic (exact) mass is 274 g/mol. The van der Waals surface area contributed by atoms with E-state index in [9.17, 15) is 0 Å². The van der Waals surface area contributed by atoms with Crippen LogP contribution < -0.4 is 5.32 Å². The van der Waals surface area contributed by atoms with Gasteiger partial charge in [0.25, 0.3) is 0 Å². The predicted octanol–water partition coefficient (Wildman–Crippen LogP) is 3.75. The van der Waals surface area contributed by atoms with Gasteiger partial charge < -0.3 is 14.7 Å². The van der Waals surface area contributed by atoms with Crippen LogP contribution in [0.5, 0.6) is 0 Å². The van der Waals surface area contributed by atoms with E-state index in [1.807, 2.05) is 30.5 Å². The Morgan fingerprint density at radius 1 is 1.26 bits per heavy atom. The third-order valence-corrected chi connectivity index (χ3v) is 3.41. The van der Waals surface area contributed by atoms with Crippen LogP contribution in [0.3, 0.4) is 0 Å². The molecule has 0 unspecified atom stereocenters. The molecule has 1 aromatic carbocycles. The number of hydrogen-bond donors (Lipinski definition) is 2. The summed E-state index contributed by atoms with van der Waals surface area (Å²) in [6, 6.07) is 9.83. The molecule has 0 radical (unpaired) electrons. The summed E-state index contributed by atoms with van der Waals surface area (Å²) in [5.41, 5.74) is 2.33. The van der Waals surface area contributed by atoms with Crippen molar-refractivity contribution in [2.75, 3.05) is 6.54 Å². The van der Waals surface area contributed by atoms with Gasteiger partial charge in [-0.1, -0.05) is 17.7 Å². The van der Waals surface area contributed by atoms with Crippen molar-refractivity contribution in [3.63, 3.8) is 0 Å². The maximum absolute atomic E-state index is 5.97. The number of fused-ring (bicyclic) bond motifs is 1. The summed E-state index contributed by atoms with van der Waals surface area (Å²) in [6.07, 6.45) is 4.64. The summed E-state index contributed by atoms with van der Waals surface area (Å²) in [7, 11) is 0. The van der Waals surface area contributed by atoms with E-state index in [1.165, 1.54) is 10.9 Å². The number of benzene rings is 1. The van der Waals surface area contributed by atoms with Gasteiger partial charge in [0.05, 0.1) is 6.26 Å². The zero-order valence-electron chi connectivity index (χ0n) is 10.4. The molecule has 0 aliphatic rings. The summed E-state index contributed by atoms with van der Waals surface area (Å²) in [6.45, 7) is 1.73. The molecule has 0 saturated heterocycles. The van der Waals surface area contributed by atoms with E-state index in [0.717, 1.165) is 35.8 Å². The first-order valence-electron chi connectivity index (χ1n) is 6.31. The van der Waals surface area contributed by atoms with Gasteiger partial charge >= 0.3 is 0 Å². The van der Waals surface area contributed by atoms with Crippen LogP contribution in [0.1, 0.15) is 11.3 Å². The Hall–Kier alpha value is -1.71. The van der Waals surface area contributed by atoms with Crippen LogP contribution in [0, 0.1) is 0 Å². The Labute approximate surface area is 116 Å². The van der Waals surface area contributed by atoms with E-state index in [1.54, 1.807) is 6.26 Å². The fraction of sp³-hybridized carbons (Fsp3) is 0.200. The van der Waals surface area contributed by atoms with Crippen LogP contribution in [0.15, 0.2) is 47.2 Å². The molecule has 3 rings (SSSR count). The molecule has 0 amide bonds. The van der Waals surface area contributed by atoms with Gasteiger partial charge in [0, 0.05) is 41.6 Å². The first-order chi connectivity index (χ1) is 9.33. The highest BCUT2D eigenvalue weighted by Crippen LogP contribution is 2.21. The average Bonchev–Trinajstić information content (AvgIpc) is 3.03. The lowest BCUT2D eigenvalue weighted by molar-refractivity contribution is 0.499. The lowest BCUT2D eigenvalue weighted by atomic mass is 10.2. The van der Waals surface area contributed by atoms with Gasteiger partial charge in [-0.2, -0.15) is 0 Å². The molecule has 0 atom stereocenters. The highest BCUT2D eigenvalue weighted by Gasteiger charge is 2.03. The van der Waals surface area contributed by atoms with E-state index in [2.05, 4.69) is 16.4 Å². The maximum Gasteiger partial charge on any atom is 0.105 e. The van der Waals surface area contributed by atoms with Gasteiger partial charge in [-0.05, 0) is 29.8 Å². The van der Waals surface area contributed by atoms with Crippen molar-refractivity contribution in [1.29, 1.82) is 0 Å². The molecule has 0 spiro atoms. The molecule has 2 aromatic heterocycles. The van der Waals surface area contributed by atoms with Gasteiger partial charge in [-0.15, -0.1) is 0 Å². The van der Waals surface area contributed by atoms with Crippen LogP contribution in [0.2, 0.25) is 5.02 Å². The number of aromatic amines is 1. The Morgan fingerprint density at radius 2 is 2.21 bits per heavy atom. The molecule has 4 heteroatoms. The minimum Gasteiger partial charge on any atom is -0.469 e. The molecule has 2 N–H and O–H groups in total. The molecule has 3 nitrogen and oxygen atoms in total. The molecule has 3 aromatic rings. The SMILES string of the molecule is Clc1ccc2c(CNCCc3ccco3)c[nH]c2c1. The molecule has 0 bridgehead atoms. The zero-order valence-corrected chi connectivity index (χ0v) is 11.2. The average molecular weight is 275 g/mol. The summed E-state index contributed by atoms with van der Waals surface area (Å²) in [5, 5.41) is 5.39. The van der Waals surface area contributed by atoms with Gasteiger partial charge in [-0.3, -0.25) is 0 Å². The Morgan fingerprint density at radius 3 is 3.05 bits per heavy atom. The topological polar surface area (TPSA) is 41.0 Å². The number of hydrogen-bond acceptors (Lipinski definition) is 2. The maximum atomic E-state index is 5.97. The quantitative estimate of drug-likeness (QED) is 0.696. The number of halogens is 1. The normalized spacial score (nSPS) is 11.2. The van der Waals surface area contributed by atoms with Crippen molar-refractivity contribution in [2.45, 2.75) is 13.0 Å². The van der Waals surface area contributed by atoms with Crippen molar-refractivity contribution in [1.82, 2.24) is 10.3 Å². The van der Waals surface area contributed by atoms with Crippen molar-refractivity contribution >= 4 is 22.5 Å². The van der Waals surface area contributed by atoms with E-state index >= 15 is 0 Å². The smallest absolute Gasteiger partial charge is 0.105 e. The molecular weight excluding hydrogens is 260 g/mol. The number of furan rings is 1. The molecule has 2 heterocycles. The first-order valence-corrected chi connectivity index (χ1v) is 6.69. The number of aromatic nitrogens is 1. The van der Waals surface area contributed by atoms with Crippen molar-refractivity contribution < 1.29 is 4.42 Å². The van der Waals surface area contributed by atoms with Crippen LogP contribution in [-0.2, 0) is 13.0 Å². The minimum atomic E-state index is 0.756. The Kier molecular flexibility index (Phi) is 3.58. The summed E-state index contributed by atoms with van der Waals surface area (Å²) < 4.78 is 5.29. The van der Waals surface area contributed by atoms with Gasteiger partial charge in [0.15, 0.2) is 0 Å². The third-order valence-electron chi connectivity index (χ3n) is 3.17. The van der Waals surface area contributed by atoms with Gasteiger partial charge in [0.1, 0.15) is 5.76 Å². The fourth-order valence-corrected chi connectivity index (χ4v) is 2.37. The van der Waals surface area contributed by atoms with Crippen LogP contribution >= 0.6 is 11.6 Å². The number of rotatable bonds is 5. The van der Waals surface area contributed by atoms with Gasteiger partial charge in [-0.25, -0.2) is 0 Å². The summed E-state index contributed by atoms with van der Waals surface area (Å²) >= 11 is 5.97. The minimum absolute atomic E-state index is 0.756. The molecular formula is C15H15ClN2O. The summed E-state index contributed by atoms with van der Waals surface area (Å²) in [4.78, 5) is 3.24. The predicted molar refractivity (Wildman–Crippen MR) is 77.4 cm³/mol. The van der Waals surface area contributed by atoms with E-state index in [4.69, 9.17) is 16.0 Å². The summed E-state index contributed by atoms with van der Waals surface area (Å²) in [5.74, 6) is 1.01. The number of H-pyrrole nitrogens is 1. The lowest BCUT2D eigenvalue weighted by Gasteiger charge is -2.02. The molecule has 0 aliphatic heterocycles. The standard InChI is InChI=1S/C15H15ClN2O/c16-12-3-4-14-11(10-18-15(14)8-12)9-17-6-5-13-2-1-7-19-13/h1-4,7-8,10,17-18H,5-6,9H2. The largest absolute Gasteiger partial charge is 0.469 e. The zero-order chi connectivity index (χ0) is 13.1.